The fraction of sp³-hybridized carbons (Fsp3) is 0.800. The third-order valence-electron chi connectivity index (χ3n) is 3.32. The molecule has 2 heterocycles. The first kappa shape index (κ1) is 12.5. The molecule has 0 aliphatic carbocycles. The van der Waals surface area contributed by atoms with Crippen molar-refractivity contribution in [3.8, 4) is 0 Å². The van der Waals surface area contributed by atoms with Crippen LogP contribution in [0.5, 0.6) is 0 Å². The number of hydrogen-bond donors (Lipinski definition) is 1. The van der Waals surface area contributed by atoms with Gasteiger partial charge in [0.25, 0.3) is 0 Å². The Kier molecular flexibility index (Phi) is 3.48. The van der Waals surface area contributed by atoms with Gasteiger partial charge in [-0.25, -0.2) is 13.1 Å². The maximum absolute atomic E-state index is 11.5. The summed E-state index contributed by atoms with van der Waals surface area (Å²) < 4.78 is 24.9. The minimum absolute atomic E-state index is 0.0159. The molecule has 0 spiro atoms. The van der Waals surface area contributed by atoms with E-state index < -0.39 is 9.84 Å². The van der Waals surface area contributed by atoms with Gasteiger partial charge in [0.15, 0.2) is 9.84 Å². The van der Waals surface area contributed by atoms with Crippen LogP contribution in [0.4, 0.5) is 0 Å². The zero-order valence-corrected chi connectivity index (χ0v) is 10.9. The number of nitrogens with one attached hydrogen (secondary N) is 1. The Bertz CT molecular complexity index is 482. The van der Waals surface area contributed by atoms with Gasteiger partial charge in [0.2, 0.25) is 0 Å². The Morgan fingerprint density at radius 3 is 2.94 bits per heavy atom. The summed E-state index contributed by atoms with van der Waals surface area (Å²) in [5.74, 6) is 0.672. The second kappa shape index (κ2) is 4.73. The molecule has 6 nitrogen and oxygen atoms in total. The van der Waals surface area contributed by atoms with Crippen molar-refractivity contribution in [2.75, 3.05) is 18.6 Å². The Morgan fingerprint density at radius 1 is 1.65 bits per heavy atom. The molecule has 0 amide bonds. The highest BCUT2D eigenvalue weighted by molar-refractivity contribution is 7.91. The summed E-state index contributed by atoms with van der Waals surface area (Å²) in [5, 5.41) is 11.1. The first-order chi connectivity index (χ1) is 8.07. The predicted octanol–water partition coefficient (Wildman–Crippen LogP) is -0.00680. The molecule has 1 fully saturated rings. The molecule has 1 N–H and O–H groups in total. The predicted molar refractivity (Wildman–Crippen MR) is 64.3 cm³/mol. The van der Waals surface area contributed by atoms with Crippen LogP contribution in [0.1, 0.15) is 25.1 Å². The van der Waals surface area contributed by atoms with E-state index >= 15 is 0 Å². The monoisotopic (exact) mass is 258 g/mol. The molecule has 0 aromatic carbocycles. The van der Waals surface area contributed by atoms with Crippen LogP contribution in [-0.2, 0) is 16.4 Å². The van der Waals surface area contributed by atoms with Gasteiger partial charge in [0.05, 0.1) is 29.4 Å². The van der Waals surface area contributed by atoms with Crippen LogP contribution in [0.2, 0.25) is 0 Å². The highest BCUT2D eigenvalue weighted by Crippen LogP contribution is 2.30. The summed E-state index contributed by atoms with van der Waals surface area (Å²) in [5.41, 5.74) is 0.970. The average Bonchev–Trinajstić information content (AvgIpc) is 2.87. The second-order valence-corrected chi connectivity index (χ2v) is 6.63. The number of hydrogen-bond acceptors (Lipinski definition) is 5. The Balaban J connectivity index is 2.23. The van der Waals surface area contributed by atoms with Crippen molar-refractivity contribution in [2.24, 2.45) is 5.92 Å². The van der Waals surface area contributed by atoms with Crippen molar-refractivity contribution in [2.45, 2.75) is 25.9 Å². The summed E-state index contributed by atoms with van der Waals surface area (Å²) >= 11 is 0. The molecule has 2 atom stereocenters. The van der Waals surface area contributed by atoms with E-state index in [0.717, 1.165) is 12.2 Å². The van der Waals surface area contributed by atoms with Crippen LogP contribution in [0.25, 0.3) is 0 Å². The SMILES string of the molecule is CCn1nncc1C(NC)C1CCS(=O)(=O)C1. The van der Waals surface area contributed by atoms with Crippen LogP contribution in [0.15, 0.2) is 6.20 Å². The van der Waals surface area contributed by atoms with Crippen LogP contribution >= 0.6 is 0 Å². The minimum atomic E-state index is -2.85. The molecule has 1 saturated heterocycles. The van der Waals surface area contributed by atoms with Crippen molar-refractivity contribution in [3.05, 3.63) is 11.9 Å². The fourth-order valence-electron chi connectivity index (χ4n) is 2.46. The zero-order valence-electron chi connectivity index (χ0n) is 10.1. The normalized spacial score (nSPS) is 24.9. The van der Waals surface area contributed by atoms with Gasteiger partial charge in [0.1, 0.15) is 0 Å². The van der Waals surface area contributed by atoms with Crippen LogP contribution in [0, 0.1) is 5.92 Å². The highest BCUT2D eigenvalue weighted by atomic mass is 32.2. The lowest BCUT2D eigenvalue weighted by atomic mass is 9.97. The van der Waals surface area contributed by atoms with E-state index in [1.807, 2.05) is 18.7 Å². The highest BCUT2D eigenvalue weighted by Gasteiger charge is 2.35. The molecule has 2 rings (SSSR count). The van der Waals surface area contributed by atoms with Crippen molar-refractivity contribution < 1.29 is 8.42 Å². The molecular weight excluding hydrogens is 240 g/mol. The van der Waals surface area contributed by atoms with Gasteiger partial charge in [0, 0.05) is 6.54 Å². The van der Waals surface area contributed by atoms with E-state index in [-0.39, 0.29) is 17.7 Å². The molecule has 0 radical (unpaired) electrons. The van der Waals surface area contributed by atoms with Gasteiger partial charge in [-0.15, -0.1) is 5.10 Å². The molecule has 0 bridgehead atoms. The topological polar surface area (TPSA) is 76.9 Å². The molecule has 1 aromatic rings. The molecule has 17 heavy (non-hydrogen) atoms. The molecule has 96 valence electrons. The summed E-state index contributed by atoms with van der Waals surface area (Å²) in [6.45, 7) is 2.74. The van der Waals surface area contributed by atoms with E-state index in [0.29, 0.717) is 12.2 Å². The molecule has 1 aromatic heterocycles. The number of sulfone groups is 1. The van der Waals surface area contributed by atoms with Crippen molar-refractivity contribution in [1.29, 1.82) is 0 Å². The Morgan fingerprint density at radius 2 is 2.41 bits per heavy atom. The first-order valence-corrected chi connectivity index (χ1v) is 7.65. The number of aryl methyl sites for hydroxylation is 1. The average molecular weight is 258 g/mol. The quantitative estimate of drug-likeness (QED) is 0.822. The van der Waals surface area contributed by atoms with Gasteiger partial charge < -0.3 is 5.32 Å². The summed E-state index contributed by atoms with van der Waals surface area (Å²) in [7, 11) is -1.00. The van der Waals surface area contributed by atoms with Crippen LogP contribution in [0.3, 0.4) is 0 Å². The van der Waals surface area contributed by atoms with E-state index in [2.05, 4.69) is 15.6 Å². The third kappa shape index (κ3) is 2.50. The maximum atomic E-state index is 11.5. The minimum Gasteiger partial charge on any atom is -0.311 e. The van der Waals surface area contributed by atoms with Gasteiger partial charge in [-0.3, -0.25) is 0 Å². The third-order valence-corrected chi connectivity index (χ3v) is 5.11. The summed E-state index contributed by atoms with van der Waals surface area (Å²) in [6, 6.07) is 0.0159. The number of rotatable bonds is 4. The van der Waals surface area contributed by atoms with E-state index in [1.54, 1.807) is 6.20 Å². The summed E-state index contributed by atoms with van der Waals surface area (Å²) in [6.07, 6.45) is 2.43. The van der Waals surface area contributed by atoms with Crippen molar-refractivity contribution in [1.82, 2.24) is 20.3 Å². The lowest BCUT2D eigenvalue weighted by Crippen LogP contribution is -2.28. The number of nitrogens with zero attached hydrogens (tertiary/aromatic N) is 3. The standard InChI is InChI=1S/C10H18N4O2S/c1-3-14-9(6-12-13-14)10(11-2)8-4-5-17(15,16)7-8/h6,8,10-11H,3-5,7H2,1-2H3. The van der Waals surface area contributed by atoms with Gasteiger partial charge >= 0.3 is 0 Å². The van der Waals surface area contributed by atoms with E-state index in [9.17, 15) is 8.42 Å². The van der Waals surface area contributed by atoms with Crippen LogP contribution in [-0.4, -0.2) is 42.0 Å². The molecule has 1 aliphatic heterocycles. The lowest BCUT2D eigenvalue weighted by molar-refractivity contribution is 0.389. The van der Waals surface area contributed by atoms with Crippen molar-refractivity contribution >= 4 is 9.84 Å². The Hall–Kier alpha value is -0.950. The smallest absolute Gasteiger partial charge is 0.150 e. The van der Waals surface area contributed by atoms with Gasteiger partial charge in [-0.1, -0.05) is 5.21 Å². The fourth-order valence-corrected chi connectivity index (χ4v) is 4.30. The molecular formula is C10H18N4O2S. The molecule has 0 saturated carbocycles. The first-order valence-electron chi connectivity index (χ1n) is 5.83. The Labute approximate surface area is 101 Å². The lowest BCUT2D eigenvalue weighted by Gasteiger charge is -2.22. The number of aromatic nitrogens is 3. The molecule has 7 heteroatoms. The van der Waals surface area contributed by atoms with E-state index in [4.69, 9.17) is 0 Å². The zero-order chi connectivity index (χ0) is 12.5. The van der Waals surface area contributed by atoms with E-state index in [1.165, 1.54) is 0 Å². The largest absolute Gasteiger partial charge is 0.311 e. The molecule has 2 unspecified atom stereocenters. The summed E-state index contributed by atoms with van der Waals surface area (Å²) in [4.78, 5) is 0. The van der Waals surface area contributed by atoms with Crippen molar-refractivity contribution in [3.63, 3.8) is 0 Å². The van der Waals surface area contributed by atoms with Crippen LogP contribution < -0.4 is 5.32 Å². The van der Waals surface area contributed by atoms with Gasteiger partial charge in [-0.2, -0.15) is 0 Å². The molecule has 1 aliphatic rings. The second-order valence-electron chi connectivity index (χ2n) is 4.40. The maximum Gasteiger partial charge on any atom is 0.150 e. The van der Waals surface area contributed by atoms with Gasteiger partial charge in [-0.05, 0) is 26.3 Å².